The number of aryl methyl sites for hydroxylation is 2. The van der Waals surface area contributed by atoms with E-state index in [1.54, 1.807) is 30.3 Å². The molecule has 0 spiro atoms. The predicted octanol–water partition coefficient (Wildman–Crippen LogP) is 10.5. The van der Waals surface area contributed by atoms with Gasteiger partial charge in [0.25, 0.3) is 0 Å². The van der Waals surface area contributed by atoms with Crippen LogP contribution in [0.3, 0.4) is 0 Å². The second kappa shape index (κ2) is 14.5. The number of aromatic nitrogens is 2. The van der Waals surface area contributed by atoms with Gasteiger partial charge in [-0.1, -0.05) is 110 Å². The molecule has 7 aromatic rings. The molecule has 4 aromatic carbocycles. The third-order valence-corrected chi connectivity index (χ3v) is 12.4. The van der Waals surface area contributed by atoms with Gasteiger partial charge in [-0.3, -0.25) is 4.39 Å². The fraction of sp³-hybridized carbons (Fsp3) is 0.190. The van der Waals surface area contributed by atoms with Crippen LogP contribution in [0.5, 0.6) is 0 Å². The van der Waals surface area contributed by atoms with Gasteiger partial charge in [0.2, 0.25) is 0 Å². The quantitative estimate of drug-likeness (QED) is 0.128. The molecule has 3 heterocycles. The zero-order valence-electron chi connectivity index (χ0n) is 34.3. The number of pyridine rings is 2. The summed E-state index contributed by atoms with van der Waals surface area (Å²) in [5.74, 6) is -0.271. The van der Waals surface area contributed by atoms with Crippen LogP contribution in [0.4, 0.5) is 4.39 Å². The number of fused-ring (bicyclic) bond motifs is 3. The number of rotatable bonds is 5. The molecule has 7 heteroatoms. The fourth-order valence-electron chi connectivity index (χ4n) is 5.50. The Morgan fingerprint density at radius 3 is 2.10 bits per heavy atom. The van der Waals surface area contributed by atoms with Crippen LogP contribution in [-0.4, -0.2) is 26.1 Å². The molecule has 251 valence electrons. The molecule has 7 rings (SSSR count). The van der Waals surface area contributed by atoms with E-state index in [-0.39, 0.29) is 37.0 Å². The Morgan fingerprint density at radius 2 is 1.43 bits per heavy atom. The molecule has 0 atom stereocenters. The van der Waals surface area contributed by atoms with E-state index in [0.29, 0.717) is 28.0 Å². The molecule has 0 aliphatic carbocycles. The third-order valence-electron chi connectivity index (χ3n) is 8.35. The number of halogens is 1. The van der Waals surface area contributed by atoms with Crippen molar-refractivity contribution < 1.29 is 37.1 Å². The van der Waals surface area contributed by atoms with Crippen LogP contribution in [0.1, 0.15) is 19.4 Å². The molecule has 0 unspecified atom stereocenters. The van der Waals surface area contributed by atoms with Gasteiger partial charge in [-0.15, -0.1) is 48.0 Å². The van der Waals surface area contributed by atoms with Crippen LogP contribution in [0.25, 0.3) is 55.6 Å². The standard InChI is InChI=1S/C28H26NOSi.C14H15FNSi.Ir/c1-18-15-20(31(3,4)5)13-14-21(18)25-16-26(29-17-19(25)2)24-11-8-10-23-22-9-6-7-12-27(22)30-28(23)24;1-17(2,3)13-8-9-14(16-10-13)11-4-6-12(15)7-5-11;/h6-10,12-17H,1-5H3;4,6-10H,1-3H3;/q2*-1;/i1D3,2D3;;. The summed E-state index contributed by atoms with van der Waals surface area (Å²) >= 11 is 0. The van der Waals surface area contributed by atoms with Gasteiger partial charge in [0.1, 0.15) is 5.58 Å². The van der Waals surface area contributed by atoms with Gasteiger partial charge in [0.05, 0.1) is 21.7 Å². The van der Waals surface area contributed by atoms with Gasteiger partial charge >= 0.3 is 0 Å². The number of para-hydroxylation sites is 1. The van der Waals surface area contributed by atoms with E-state index in [2.05, 4.69) is 67.4 Å². The molecule has 49 heavy (non-hydrogen) atoms. The van der Waals surface area contributed by atoms with Crippen molar-refractivity contribution in [1.82, 2.24) is 9.97 Å². The first-order valence-corrected chi connectivity index (χ1v) is 22.8. The molecule has 0 fully saturated rings. The molecule has 3 aromatic heterocycles. The molecule has 0 saturated heterocycles. The Labute approximate surface area is 313 Å². The molecular weight excluding hydrogens is 816 g/mol. The van der Waals surface area contributed by atoms with Crippen molar-refractivity contribution in [2.24, 2.45) is 0 Å². The average molecular weight is 863 g/mol. The Kier molecular flexibility index (Phi) is 8.50. The minimum Gasteiger partial charge on any atom is -0.501 e. The largest absolute Gasteiger partial charge is 0.501 e. The maximum absolute atomic E-state index is 12.8. The average Bonchev–Trinajstić information content (AvgIpc) is 3.49. The van der Waals surface area contributed by atoms with Crippen LogP contribution < -0.4 is 10.4 Å². The first-order valence-electron chi connectivity index (χ1n) is 18.8. The summed E-state index contributed by atoms with van der Waals surface area (Å²) in [5, 5.41) is 4.17. The van der Waals surface area contributed by atoms with Crippen molar-refractivity contribution in [1.29, 1.82) is 0 Å². The van der Waals surface area contributed by atoms with Crippen molar-refractivity contribution in [3.63, 3.8) is 0 Å². The smallest absolute Gasteiger partial charge is 0.120 e. The SMILES string of the molecule is C[Si](C)(C)c1ccc(-c2[c-]cc(F)cc2)nc1.[2H]C([2H])([2H])c1cnc(-c2[c-]ccc3c2oc2ccccc23)cc1-c1ccc([Si](C)(C)C)cc1C([2H])([2H])[2H].[Ir]. The number of benzene rings is 4. The Bertz CT molecular complexity index is 2450. The molecule has 3 nitrogen and oxygen atoms in total. The summed E-state index contributed by atoms with van der Waals surface area (Å²) in [6.07, 6.45) is 3.25. The molecule has 0 aliphatic heterocycles. The molecule has 0 aliphatic rings. The first kappa shape index (κ1) is 28.8. The van der Waals surface area contributed by atoms with Gasteiger partial charge < -0.3 is 14.4 Å². The van der Waals surface area contributed by atoms with Crippen molar-refractivity contribution in [3.05, 3.63) is 132 Å². The van der Waals surface area contributed by atoms with E-state index in [4.69, 9.17) is 12.6 Å². The number of nitrogens with zero attached hydrogens (tertiary/aromatic N) is 2. The maximum Gasteiger partial charge on any atom is 0.120 e. The summed E-state index contributed by atoms with van der Waals surface area (Å²) in [7, 11) is -3.12. The van der Waals surface area contributed by atoms with Crippen LogP contribution >= 0.6 is 0 Å². The van der Waals surface area contributed by atoms with Crippen LogP contribution in [-0.2, 0) is 20.1 Å². The van der Waals surface area contributed by atoms with Crippen LogP contribution in [0.2, 0.25) is 39.3 Å². The molecule has 0 saturated carbocycles. The van der Waals surface area contributed by atoms with Gasteiger partial charge in [-0.05, 0) is 58.6 Å². The first-order chi connectivity index (χ1) is 25.2. The monoisotopic (exact) mass is 863 g/mol. The second-order valence-electron chi connectivity index (χ2n) is 13.9. The van der Waals surface area contributed by atoms with Crippen molar-refractivity contribution in [2.75, 3.05) is 0 Å². The summed E-state index contributed by atoms with van der Waals surface area (Å²) in [5.41, 5.74) is 4.85. The molecule has 0 N–H and O–H groups in total. The van der Waals surface area contributed by atoms with E-state index in [9.17, 15) is 4.39 Å². The molecular formula is C42H41FIrN2OSi2-2. The normalized spacial score (nSPS) is 13.9. The maximum atomic E-state index is 12.8. The Morgan fingerprint density at radius 1 is 0.694 bits per heavy atom. The van der Waals surface area contributed by atoms with Gasteiger partial charge in [-0.25, -0.2) is 0 Å². The zero-order valence-corrected chi connectivity index (χ0v) is 32.7. The number of hydrogen-bond donors (Lipinski definition) is 0. The van der Waals surface area contributed by atoms with Gasteiger partial charge in [0, 0.05) is 51.9 Å². The number of hydrogen-bond acceptors (Lipinski definition) is 3. The van der Waals surface area contributed by atoms with Crippen LogP contribution in [0.15, 0.2) is 108 Å². The second-order valence-corrected chi connectivity index (χ2v) is 24.1. The van der Waals surface area contributed by atoms with E-state index in [0.717, 1.165) is 32.8 Å². The minimum atomic E-state index is -2.49. The Balaban J connectivity index is 0.000000271. The van der Waals surface area contributed by atoms with Gasteiger partial charge in [0.15, 0.2) is 0 Å². The van der Waals surface area contributed by atoms with Gasteiger partial charge in [-0.2, -0.15) is 0 Å². The van der Waals surface area contributed by atoms with E-state index in [1.807, 2.05) is 48.7 Å². The van der Waals surface area contributed by atoms with E-state index >= 15 is 0 Å². The Hall–Kier alpha value is -4.01. The fourth-order valence-corrected chi connectivity index (χ4v) is 7.70. The molecule has 0 bridgehead atoms. The molecule has 0 amide bonds. The van der Waals surface area contributed by atoms with E-state index < -0.39 is 29.9 Å². The molecule has 1 radical (unpaired) electrons. The van der Waals surface area contributed by atoms with Crippen molar-refractivity contribution in [2.45, 2.75) is 53.0 Å². The van der Waals surface area contributed by atoms with Crippen molar-refractivity contribution >= 4 is 48.5 Å². The van der Waals surface area contributed by atoms with E-state index in [1.165, 1.54) is 23.5 Å². The summed E-state index contributed by atoms with van der Waals surface area (Å²) < 4.78 is 68.1. The third kappa shape index (κ3) is 7.92. The van der Waals surface area contributed by atoms with Crippen molar-refractivity contribution in [3.8, 4) is 33.6 Å². The topological polar surface area (TPSA) is 38.9 Å². The summed E-state index contributed by atoms with van der Waals surface area (Å²) in [4.78, 5) is 8.91. The van der Waals surface area contributed by atoms with Crippen LogP contribution in [0, 0.1) is 31.7 Å². The summed E-state index contributed by atoms with van der Waals surface area (Å²) in [6, 6.07) is 33.1. The predicted molar refractivity (Wildman–Crippen MR) is 205 cm³/mol. The minimum absolute atomic E-state index is 0. The zero-order chi connectivity index (χ0) is 39.2. The summed E-state index contributed by atoms with van der Waals surface area (Å²) in [6.45, 7) is 8.38. The number of furan rings is 1.